The van der Waals surface area contributed by atoms with Crippen molar-refractivity contribution in [1.29, 1.82) is 0 Å². The fourth-order valence-corrected chi connectivity index (χ4v) is 4.10. The van der Waals surface area contributed by atoms with Crippen LogP contribution >= 0.6 is 8.15 Å². The summed E-state index contributed by atoms with van der Waals surface area (Å²) in [5.41, 5.74) is 2.73. The van der Waals surface area contributed by atoms with E-state index in [9.17, 15) is 0 Å². The average molecular weight is 272 g/mol. The Bertz CT molecular complexity index is 426. The lowest BCUT2D eigenvalue weighted by Crippen LogP contribution is -2.01. The van der Waals surface area contributed by atoms with E-state index < -0.39 is 8.15 Å². The molecular weight excluding hydrogens is 251 g/mol. The van der Waals surface area contributed by atoms with Gasteiger partial charge in [-0.3, -0.25) is 0 Å². The van der Waals surface area contributed by atoms with Crippen LogP contribution in [0.4, 0.5) is 0 Å². The fraction of sp³-hybridized carbons (Fsp3) is 0.294. The van der Waals surface area contributed by atoms with Gasteiger partial charge in [0.2, 0.25) is 0 Å². The van der Waals surface area contributed by atoms with Crippen LogP contribution in [0.25, 0.3) is 0 Å². The molecule has 0 amide bonds. The molecule has 100 valence electrons. The van der Waals surface area contributed by atoms with Crippen LogP contribution in [-0.4, -0.2) is 6.10 Å². The highest BCUT2D eigenvalue weighted by molar-refractivity contribution is 7.50. The van der Waals surface area contributed by atoms with Crippen LogP contribution < -0.4 is 0 Å². The molecule has 0 fully saturated rings. The zero-order valence-electron chi connectivity index (χ0n) is 11.6. The number of hydrogen-bond acceptors (Lipinski definition) is 1. The Morgan fingerprint density at radius 2 is 1.21 bits per heavy atom. The second-order valence-electron chi connectivity index (χ2n) is 4.92. The summed E-state index contributed by atoms with van der Waals surface area (Å²) in [6, 6.07) is 21.3. The predicted octanol–water partition coefficient (Wildman–Crippen LogP) is 5.21. The minimum atomic E-state index is -0.453. The highest BCUT2D eigenvalue weighted by Crippen LogP contribution is 2.45. The summed E-state index contributed by atoms with van der Waals surface area (Å²) in [7, 11) is -0.453. The van der Waals surface area contributed by atoms with Gasteiger partial charge in [0, 0.05) is 20.5 Å². The molecule has 0 atom stereocenters. The first-order chi connectivity index (χ1) is 9.24. The maximum absolute atomic E-state index is 6.12. The Kier molecular flexibility index (Phi) is 5.57. The third-order valence-electron chi connectivity index (χ3n) is 2.76. The summed E-state index contributed by atoms with van der Waals surface area (Å²) >= 11 is 0. The summed E-state index contributed by atoms with van der Waals surface area (Å²) in [6.07, 6.45) is 2.35. The predicted molar refractivity (Wildman–Crippen MR) is 83.4 cm³/mol. The summed E-state index contributed by atoms with van der Waals surface area (Å²) in [4.78, 5) is 0. The molecule has 0 aliphatic heterocycles. The van der Waals surface area contributed by atoms with Gasteiger partial charge >= 0.3 is 0 Å². The molecule has 0 unspecified atom stereocenters. The second-order valence-corrected chi connectivity index (χ2v) is 6.73. The Morgan fingerprint density at radius 1 is 0.789 bits per heavy atom. The van der Waals surface area contributed by atoms with Gasteiger partial charge in [0.15, 0.2) is 0 Å². The molecule has 2 aromatic rings. The fourth-order valence-electron chi connectivity index (χ4n) is 2.00. The maximum Gasteiger partial charge on any atom is 0.0561 e. The van der Waals surface area contributed by atoms with Gasteiger partial charge in [-0.05, 0) is 25.0 Å². The summed E-state index contributed by atoms with van der Waals surface area (Å²) in [5.74, 6) is 0. The topological polar surface area (TPSA) is 9.23 Å². The SMILES string of the molecule is CC(C)OP(Cc1ccccc1)Cc1ccccc1. The van der Waals surface area contributed by atoms with E-state index in [-0.39, 0.29) is 0 Å². The normalized spacial score (nSPS) is 11.2. The largest absolute Gasteiger partial charge is 0.356 e. The van der Waals surface area contributed by atoms with Gasteiger partial charge in [0.05, 0.1) is 6.10 Å². The van der Waals surface area contributed by atoms with Crippen LogP contribution in [0.3, 0.4) is 0 Å². The van der Waals surface area contributed by atoms with Crippen molar-refractivity contribution < 1.29 is 4.52 Å². The molecule has 0 saturated carbocycles. The van der Waals surface area contributed by atoms with Gasteiger partial charge in [0.1, 0.15) is 0 Å². The van der Waals surface area contributed by atoms with Gasteiger partial charge < -0.3 is 4.52 Å². The molecule has 1 nitrogen and oxygen atoms in total. The minimum Gasteiger partial charge on any atom is -0.356 e. The van der Waals surface area contributed by atoms with Crippen molar-refractivity contribution in [3.05, 3.63) is 71.8 Å². The molecule has 0 aromatic heterocycles. The average Bonchev–Trinajstić information content (AvgIpc) is 2.40. The zero-order chi connectivity index (χ0) is 13.5. The van der Waals surface area contributed by atoms with Crippen molar-refractivity contribution in [3.8, 4) is 0 Å². The lowest BCUT2D eigenvalue weighted by molar-refractivity contribution is 0.269. The lowest BCUT2D eigenvalue weighted by atomic mass is 10.2. The van der Waals surface area contributed by atoms with Gasteiger partial charge in [-0.25, -0.2) is 0 Å². The van der Waals surface area contributed by atoms with Crippen molar-refractivity contribution in [2.45, 2.75) is 32.3 Å². The van der Waals surface area contributed by atoms with E-state index in [0.717, 1.165) is 12.3 Å². The van der Waals surface area contributed by atoms with E-state index in [0.29, 0.717) is 6.10 Å². The molecule has 2 rings (SSSR count). The smallest absolute Gasteiger partial charge is 0.0561 e. The summed E-state index contributed by atoms with van der Waals surface area (Å²) < 4.78 is 6.12. The Hall–Kier alpha value is -1.17. The van der Waals surface area contributed by atoms with Crippen LogP contribution in [0.2, 0.25) is 0 Å². The van der Waals surface area contributed by atoms with Crippen molar-refractivity contribution in [3.63, 3.8) is 0 Å². The van der Waals surface area contributed by atoms with E-state index in [1.807, 2.05) is 0 Å². The Morgan fingerprint density at radius 3 is 1.58 bits per heavy atom. The van der Waals surface area contributed by atoms with E-state index in [4.69, 9.17) is 4.52 Å². The highest BCUT2D eigenvalue weighted by atomic mass is 31.1. The van der Waals surface area contributed by atoms with Gasteiger partial charge in [-0.15, -0.1) is 0 Å². The Labute approximate surface area is 117 Å². The quantitative estimate of drug-likeness (QED) is 0.656. The second kappa shape index (κ2) is 7.43. The summed E-state index contributed by atoms with van der Waals surface area (Å²) in [6.45, 7) is 4.23. The molecule has 0 radical (unpaired) electrons. The molecular formula is C17H21OP. The third kappa shape index (κ3) is 5.14. The number of benzene rings is 2. The van der Waals surface area contributed by atoms with Crippen LogP contribution in [0.5, 0.6) is 0 Å². The van der Waals surface area contributed by atoms with Crippen LogP contribution in [-0.2, 0) is 16.8 Å². The number of hydrogen-bond donors (Lipinski definition) is 0. The van der Waals surface area contributed by atoms with E-state index in [1.54, 1.807) is 0 Å². The molecule has 0 bridgehead atoms. The van der Waals surface area contributed by atoms with Crippen LogP contribution in [0.1, 0.15) is 25.0 Å². The standard InChI is InChI=1S/C17H21OP/c1-15(2)18-19(13-16-9-5-3-6-10-16)14-17-11-7-4-8-12-17/h3-12,15H,13-14H2,1-2H3. The third-order valence-corrected chi connectivity index (χ3v) is 4.92. The monoisotopic (exact) mass is 272 g/mol. The van der Waals surface area contributed by atoms with Crippen molar-refractivity contribution in [2.75, 3.05) is 0 Å². The number of rotatable bonds is 6. The minimum absolute atomic E-state index is 0.290. The van der Waals surface area contributed by atoms with Crippen LogP contribution in [0.15, 0.2) is 60.7 Å². The first kappa shape index (κ1) is 14.2. The molecule has 0 heterocycles. The van der Waals surface area contributed by atoms with E-state index >= 15 is 0 Å². The molecule has 0 aliphatic carbocycles. The van der Waals surface area contributed by atoms with Gasteiger partial charge in [0.25, 0.3) is 0 Å². The highest BCUT2D eigenvalue weighted by Gasteiger charge is 2.13. The molecule has 19 heavy (non-hydrogen) atoms. The molecule has 0 saturated heterocycles. The lowest BCUT2D eigenvalue weighted by Gasteiger charge is -2.20. The summed E-state index contributed by atoms with van der Waals surface area (Å²) in [5, 5.41) is 0. The molecule has 0 aliphatic rings. The Balaban J connectivity index is 2.03. The first-order valence-electron chi connectivity index (χ1n) is 6.73. The van der Waals surface area contributed by atoms with Crippen molar-refractivity contribution >= 4 is 8.15 Å². The maximum atomic E-state index is 6.12. The molecule has 2 heteroatoms. The van der Waals surface area contributed by atoms with Crippen molar-refractivity contribution in [1.82, 2.24) is 0 Å². The van der Waals surface area contributed by atoms with Gasteiger partial charge in [-0.2, -0.15) is 0 Å². The zero-order valence-corrected chi connectivity index (χ0v) is 12.5. The molecule has 0 spiro atoms. The molecule has 0 N–H and O–H groups in total. The van der Waals surface area contributed by atoms with E-state index in [2.05, 4.69) is 74.5 Å². The van der Waals surface area contributed by atoms with E-state index in [1.165, 1.54) is 11.1 Å². The molecule has 2 aromatic carbocycles. The van der Waals surface area contributed by atoms with Crippen molar-refractivity contribution in [2.24, 2.45) is 0 Å². The van der Waals surface area contributed by atoms with Crippen LogP contribution in [0, 0.1) is 0 Å². The first-order valence-corrected chi connectivity index (χ1v) is 8.36. The van der Waals surface area contributed by atoms with Gasteiger partial charge in [-0.1, -0.05) is 60.7 Å².